The lowest BCUT2D eigenvalue weighted by atomic mass is 10.2. The maximum atomic E-state index is 13.1. The fourth-order valence-corrected chi connectivity index (χ4v) is 6.60. The van der Waals surface area contributed by atoms with E-state index in [0.717, 1.165) is 34.4 Å². The summed E-state index contributed by atoms with van der Waals surface area (Å²) in [5.41, 5.74) is 0.743. The molecule has 1 aliphatic heterocycles. The molecule has 1 fully saturated rings. The normalized spacial score (nSPS) is 15.1. The van der Waals surface area contributed by atoms with E-state index in [4.69, 9.17) is 11.6 Å². The molecule has 0 N–H and O–H groups in total. The van der Waals surface area contributed by atoms with E-state index in [1.165, 1.54) is 27.1 Å². The Labute approximate surface area is 195 Å². The smallest absolute Gasteiger partial charge is 0.263 e. The van der Waals surface area contributed by atoms with Crippen molar-refractivity contribution < 1.29 is 4.79 Å². The first-order valence-electron chi connectivity index (χ1n) is 9.83. The summed E-state index contributed by atoms with van der Waals surface area (Å²) in [5, 5.41) is 4.56. The summed E-state index contributed by atoms with van der Waals surface area (Å²) in [6.45, 7) is 3.79. The Kier molecular flexibility index (Phi) is 5.94. The topological polar surface area (TPSA) is 58.4 Å². The van der Waals surface area contributed by atoms with Crippen LogP contribution in [0.2, 0.25) is 4.34 Å². The lowest BCUT2D eigenvalue weighted by Gasteiger charge is -2.34. The zero-order chi connectivity index (χ0) is 21.4. The molecule has 0 spiro atoms. The van der Waals surface area contributed by atoms with Gasteiger partial charge < -0.3 is 4.90 Å². The Bertz CT molecular complexity index is 1270. The van der Waals surface area contributed by atoms with Crippen LogP contribution in [-0.4, -0.2) is 51.4 Å². The van der Waals surface area contributed by atoms with Crippen molar-refractivity contribution in [3.8, 4) is 10.4 Å². The second-order valence-electron chi connectivity index (χ2n) is 7.35. The van der Waals surface area contributed by atoms with E-state index in [0.29, 0.717) is 23.3 Å². The van der Waals surface area contributed by atoms with Crippen molar-refractivity contribution in [2.24, 2.45) is 0 Å². The van der Waals surface area contributed by atoms with Crippen LogP contribution in [0.15, 0.2) is 46.1 Å². The molecule has 0 unspecified atom stereocenters. The Morgan fingerprint density at radius 1 is 1.13 bits per heavy atom. The molecule has 160 valence electrons. The van der Waals surface area contributed by atoms with E-state index in [1.807, 2.05) is 33.9 Å². The molecule has 0 saturated carbocycles. The van der Waals surface area contributed by atoms with E-state index in [1.54, 1.807) is 22.7 Å². The lowest BCUT2D eigenvalue weighted by molar-refractivity contribution is -0.133. The van der Waals surface area contributed by atoms with E-state index in [-0.39, 0.29) is 18.0 Å². The number of hydrogen-bond acceptors (Lipinski definition) is 7. The number of hydrogen-bond donors (Lipinski definition) is 0. The van der Waals surface area contributed by atoms with Crippen molar-refractivity contribution in [1.82, 2.24) is 19.4 Å². The predicted molar refractivity (Wildman–Crippen MR) is 128 cm³/mol. The highest BCUT2D eigenvalue weighted by molar-refractivity contribution is 7.18. The van der Waals surface area contributed by atoms with E-state index in [9.17, 15) is 9.59 Å². The third-order valence-electron chi connectivity index (χ3n) is 5.39. The molecule has 0 aliphatic carbocycles. The summed E-state index contributed by atoms with van der Waals surface area (Å²) in [4.78, 5) is 37.6. The molecular weight excluding hydrogens is 472 g/mol. The van der Waals surface area contributed by atoms with Crippen LogP contribution >= 0.6 is 45.6 Å². The maximum absolute atomic E-state index is 13.1. The van der Waals surface area contributed by atoms with Crippen molar-refractivity contribution in [2.75, 3.05) is 26.2 Å². The van der Waals surface area contributed by atoms with Gasteiger partial charge in [-0.2, -0.15) is 0 Å². The second-order valence-corrected chi connectivity index (χ2v) is 11.0. The first-order chi connectivity index (χ1) is 15.1. The fourth-order valence-electron chi connectivity index (χ4n) is 3.75. The molecule has 4 aromatic rings. The Balaban J connectivity index is 1.27. The minimum absolute atomic E-state index is 0.0159. The van der Waals surface area contributed by atoms with Gasteiger partial charge in [-0.3, -0.25) is 19.1 Å². The first kappa shape index (κ1) is 20.8. The van der Waals surface area contributed by atoms with Crippen LogP contribution in [0, 0.1) is 0 Å². The van der Waals surface area contributed by atoms with E-state index < -0.39 is 0 Å². The van der Waals surface area contributed by atoms with Gasteiger partial charge in [0.15, 0.2) is 0 Å². The SMILES string of the molecule is O=C(Cn1cnc2scc(-c3cccs3)c2c1=O)N1CCN(Cc2ccc(Cl)s2)CC1. The molecule has 5 heterocycles. The Morgan fingerprint density at radius 3 is 2.68 bits per heavy atom. The summed E-state index contributed by atoms with van der Waals surface area (Å²) >= 11 is 10.7. The number of nitrogens with zero attached hydrogens (tertiary/aromatic N) is 4. The van der Waals surface area contributed by atoms with Crippen molar-refractivity contribution in [3.63, 3.8) is 0 Å². The lowest BCUT2D eigenvalue weighted by Crippen LogP contribution is -2.49. The molecule has 10 heteroatoms. The number of aromatic nitrogens is 2. The molecule has 0 radical (unpaired) electrons. The number of fused-ring (bicyclic) bond motifs is 1. The largest absolute Gasteiger partial charge is 0.339 e. The number of rotatable bonds is 5. The van der Waals surface area contributed by atoms with E-state index >= 15 is 0 Å². The highest BCUT2D eigenvalue weighted by Gasteiger charge is 2.23. The number of carbonyl (C=O) groups excluding carboxylic acids is 1. The van der Waals surface area contributed by atoms with Crippen LogP contribution < -0.4 is 5.56 Å². The molecule has 5 rings (SSSR count). The summed E-state index contributed by atoms with van der Waals surface area (Å²) < 4.78 is 2.24. The minimum Gasteiger partial charge on any atom is -0.339 e. The van der Waals surface area contributed by atoms with Gasteiger partial charge >= 0.3 is 0 Å². The molecular formula is C21H19ClN4O2S3. The Morgan fingerprint density at radius 2 is 1.97 bits per heavy atom. The van der Waals surface area contributed by atoms with Crippen LogP contribution in [0.3, 0.4) is 0 Å². The molecule has 0 aromatic carbocycles. The number of carbonyl (C=O) groups is 1. The van der Waals surface area contributed by atoms with Crippen molar-refractivity contribution in [1.29, 1.82) is 0 Å². The summed E-state index contributed by atoms with van der Waals surface area (Å²) in [5.74, 6) is -0.0463. The minimum atomic E-state index is -0.156. The molecule has 4 aromatic heterocycles. The molecule has 0 atom stereocenters. The van der Waals surface area contributed by atoms with Gasteiger partial charge in [-0.25, -0.2) is 4.98 Å². The second kappa shape index (κ2) is 8.84. The van der Waals surface area contributed by atoms with Crippen molar-refractivity contribution in [3.05, 3.63) is 60.9 Å². The number of piperazine rings is 1. The van der Waals surface area contributed by atoms with Gasteiger partial charge in [-0.1, -0.05) is 17.7 Å². The van der Waals surface area contributed by atoms with Crippen LogP contribution in [0.1, 0.15) is 4.88 Å². The molecule has 1 aliphatic rings. The Hall–Kier alpha value is -2.04. The third kappa shape index (κ3) is 4.33. The highest BCUT2D eigenvalue weighted by Crippen LogP contribution is 2.33. The zero-order valence-electron chi connectivity index (χ0n) is 16.5. The standard InChI is InChI=1S/C21H19ClN4O2S3/c22-17-4-3-14(31-17)10-24-5-7-25(8-6-24)18(27)11-26-13-23-20-19(21(26)28)15(12-30-20)16-2-1-9-29-16/h1-4,9,12-13H,5-8,10-11H2. The number of thiophene rings is 3. The predicted octanol–water partition coefficient (Wildman–Crippen LogP) is 4.25. The van der Waals surface area contributed by atoms with Crippen LogP contribution in [0.25, 0.3) is 20.7 Å². The summed E-state index contributed by atoms with van der Waals surface area (Å²) in [7, 11) is 0. The maximum Gasteiger partial charge on any atom is 0.263 e. The van der Waals surface area contributed by atoms with Crippen LogP contribution in [-0.2, 0) is 17.9 Å². The summed E-state index contributed by atoms with van der Waals surface area (Å²) in [6.07, 6.45) is 1.49. The van der Waals surface area contributed by atoms with Gasteiger partial charge in [0.25, 0.3) is 5.56 Å². The molecule has 1 saturated heterocycles. The van der Waals surface area contributed by atoms with Gasteiger partial charge in [-0.15, -0.1) is 34.0 Å². The van der Waals surface area contributed by atoms with E-state index in [2.05, 4.69) is 16.0 Å². The monoisotopic (exact) mass is 490 g/mol. The van der Waals surface area contributed by atoms with Crippen molar-refractivity contribution in [2.45, 2.75) is 13.1 Å². The van der Waals surface area contributed by atoms with Gasteiger partial charge in [0.2, 0.25) is 5.91 Å². The number of amides is 1. The number of halogens is 1. The molecule has 31 heavy (non-hydrogen) atoms. The fraction of sp³-hybridized carbons (Fsp3) is 0.286. The van der Waals surface area contributed by atoms with Gasteiger partial charge in [0.05, 0.1) is 16.0 Å². The van der Waals surface area contributed by atoms with Crippen LogP contribution in [0.4, 0.5) is 0 Å². The summed E-state index contributed by atoms with van der Waals surface area (Å²) in [6, 6.07) is 7.93. The molecule has 0 bridgehead atoms. The highest BCUT2D eigenvalue weighted by atomic mass is 35.5. The van der Waals surface area contributed by atoms with Gasteiger partial charge in [-0.05, 0) is 23.6 Å². The first-order valence-corrected chi connectivity index (χ1v) is 12.8. The average Bonchev–Trinajstić information content (AvgIpc) is 3.51. The quantitative estimate of drug-likeness (QED) is 0.419. The molecule has 1 amide bonds. The van der Waals surface area contributed by atoms with Gasteiger partial charge in [0.1, 0.15) is 11.4 Å². The van der Waals surface area contributed by atoms with Crippen LogP contribution in [0.5, 0.6) is 0 Å². The van der Waals surface area contributed by atoms with Gasteiger partial charge in [0, 0.05) is 53.4 Å². The van der Waals surface area contributed by atoms with Crippen molar-refractivity contribution >= 4 is 61.7 Å². The molecule has 6 nitrogen and oxygen atoms in total. The third-order valence-corrected chi connectivity index (χ3v) is 8.39. The zero-order valence-corrected chi connectivity index (χ0v) is 19.7. The average molecular weight is 491 g/mol.